The van der Waals surface area contributed by atoms with Crippen LogP contribution in [-0.2, 0) is 16.1 Å². The standard InChI is InChI=1S/C12H12N2O4/c1-17-9-5-8-7-13-14(3-4-15)11(8)10(6-9)12(16)18-2/h4-7H,3H2,1-2H3. The maximum Gasteiger partial charge on any atom is 0.340 e. The third-order valence-corrected chi connectivity index (χ3v) is 2.60. The highest BCUT2D eigenvalue weighted by molar-refractivity contribution is 6.03. The third kappa shape index (κ3) is 1.92. The Morgan fingerprint density at radius 3 is 2.83 bits per heavy atom. The summed E-state index contributed by atoms with van der Waals surface area (Å²) in [6.07, 6.45) is 2.30. The van der Waals surface area contributed by atoms with Crippen molar-refractivity contribution in [2.45, 2.75) is 6.54 Å². The molecule has 0 fully saturated rings. The van der Waals surface area contributed by atoms with Crippen LogP contribution >= 0.6 is 0 Å². The molecule has 6 heteroatoms. The average Bonchev–Trinajstić information content (AvgIpc) is 2.80. The highest BCUT2D eigenvalue weighted by atomic mass is 16.5. The lowest BCUT2D eigenvalue weighted by molar-refractivity contribution is -0.108. The lowest BCUT2D eigenvalue weighted by atomic mass is 10.1. The highest BCUT2D eigenvalue weighted by Crippen LogP contribution is 2.25. The molecule has 1 heterocycles. The predicted octanol–water partition coefficient (Wildman–Crippen LogP) is 1.03. The first-order chi connectivity index (χ1) is 8.71. The molecular weight excluding hydrogens is 236 g/mol. The molecule has 0 saturated heterocycles. The molecule has 0 radical (unpaired) electrons. The van der Waals surface area contributed by atoms with Gasteiger partial charge in [-0.3, -0.25) is 4.68 Å². The lowest BCUT2D eigenvalue weighted by Gasteiger charge is -2.07. The van der Waals surface area contributed by atoms with Crippen molar-refractivity contribution >= 4 is 23.2 Å². The highest BCUT2D eigenvalue weighted by Gasteiger charge is 2.16. The number of rotatable bonds is 4. The molecule has 0 aliphatic heterocycles. The number of aldehydes is 1. The number of benzene rings is 1. The van der Waals surface area contributed by atoms with Crippen molar-refractivity contribution in [1.82, 2.24) is 9.78 Å². The summed E-state index contributed by atoms with van der Waals surface area (Å²) in [4.78, 5) is 22.3. The molecule has 0 aliphatic carbocycles. The number of hydrogen-bond donors (Lipinski definition) is 0. The first kappa shape index (κ1) is 12.1. The van der Waals surface area contributed by atoms with Crippen molar-refractivity contribution in [2.75, 3.05) is 14.2 Å². The smallest absolute Gasteiger partial charge is 0.340 e. The van der Waals surface area contributed by atoms with Crippen LogP contribution in [0.2, 0.25) is 0 Å². The van der Waals surface area contributed by atoms with E-state index in [4.69, 9.17) is 9.47 Å². The van der Waals surface area contributed by atoms with Gasteiger partial charge in [0.2, 0.25) is 0 Å². The fourth-order valence-corrected chi connectivity index (χ4v) is 1.80. The Morgan fingerprint density at radius 2 is 2.22 bits per heavy atom. The third-order valence-electron chi connectivity index (χ3n) is 2.60. The van der Waals surface area contributed by atoms with Gasteiger partial charge in [0, 0.05) is 5.39 Å². The minimum Gasteiger partial charge on any atom is -0.497 e. The van der Waals surface area contributed by atoms with Crippen LogP contribution in [0.1, 0.15) is 10.4 Å². The summed E-state index contributed by atoms with van der Waals surface area (Å²) >= 11 is 0. The van der Waals surface area contributed by atoms with Gasteiger partial charge in [0.1, 0.15) is 12.0 Å². The number of ether oxygens (including phenoxy) is 2. The molecule has 94 valence electrons. The summed E-state index contributed by atoms with van der Waals surface area (Å²) in [7, 11) is 2.81. The molecule has 0 unspecified atom stereocenters. The summed E-state index contributed by atoms with van der Waals surface area (Å²) in [5.74, 6) is 0.0418. The molecule has 2 rings (SSSR count). The Kier molecular flexibility index (Phi) is 3.27. The first-order valence-corrected chi connectivity index (χ1v) is 5.26. The molecular formula is C12H12N2O4. The molecule has 0 N–H and O–H groups in total. The molecule has 2 aromatic rings. The van der Waals surface area contributed by atoms with Gasteiger partial charge in [0.15, 0.2) is 0 Å². The molecule has 0 bridgehead atoms. The van der Waals surface area contributed by atoms with Crippen LogP contribution in [0.5, 0.6) is 5.75 Å². The van der Waals surface area contributed by atoms with Crippen molar-refractivity contribution in [3.8, 4) is 5.75 Å². The number of fused-ring (bicyclic) bond motifs is 1. The number of aromatic nitrogens is 2. The predicted molar refractivity (Wildman–Crippen MR) is 63.7 cm³/mol. The van der Waals surface area contributed by atoms with Crippen molar-refractivity contribution in [3.05, 3.63) is 23.9 Å². The van der Waals surface area contributed by atoms with Crippen LogP contribution < -0.4 is 4.74 Å². The van der Waals surface area contributed by atoms with Gasteiger partial charge >= 0.3 is 5.97 Å². The number of carbonyl (C=O) groups is 2. The van der Waals surface area contributed by atoms with E-state index in [1.54, 1.807) is 18.3 Å². The van der Waals surface area contributed by atoms with Gasteiger partial charge in [-0.05, 0) is 12.1 Å². The summed E-state index contributed by atoms with van der Waals surface area (Å²) in [6.45, 7) is 0.0832. The number of methoxy groups -OCH3 is 2. The monoisotopic (exact) mass is 248 g/mol. The van der Waals surface area contributed by atoms with E-state index in [-0.39, 0.29) is 6.54 Å². The molecule has 1 aromatic heterocycles. The van der Waals surface area contributed by atoms with Crippen LogP contribution in [0.15, 0.2) is 18.3 Å². The van der Waals surface area contributed by atoms with E-state index in [9.17, 15) is 9.59 Å². The van der Waals surface area contributed by atoms with Gasteiger partial charge in [-0.1, -0.05) is 0 Å². The fourth-order valence-electron chi connectivity index (χ4n) is 1.80. The largest absolute Gasteiger partial charge is 0.497 e. The Hall–Kier alpha value is -2.37. The molecule has 6 nitrogen and oxygen atoms in total. The molecule has 0 amide bonds. The molecule has 0 spiro atoms. The maximum absolute atomic E-state index is 11.7. The Morgan fingerprint density at radius 1 is 1.44 bits per heavy atom. The first-order valence-electron chi connectivity index (χ1n) is 5.26. The lowest BCUT2D eigenvalue weighted by Crippen LogP contribution is -2.08. The van der Waals surface area contributed by atoms with Crippen molar-refractivity contribution in [1.29, 1.82) is 0 Å². The summed E-state index contributed by atoms with van der Waals surface area (Å²) in [5.41, 5.74) is 0.890. The second-order valence-electron chi connectivity index (χ2n) is 3.60. The Bertz CT molecular complexity index is 603. The Labute approximate surface area is 103 Å². The maximum atomic E-state index is 11.7. The second kappa shape index (κ2) is 4.87. The Balaban J connectivity index is 2.72. The van der Waals surface area contributed by atoms with E-state index in [1.165, 1.54) is 18.9 Å². The number of esters is 1. The van der Waals surface area contributed by atoms with Gasteiger partial charge in [-0.15, -0.1) is 0 Å². The second-order valence-corrected chi connectivity index (χ2v) is 3.60. The van der Waals surface area contributed by atoms with Gasteiger partial charge in [0.25, 0.3) is 0 Å². The number of carbonyl (C=O) groups excluding carboxylic acids is 2. The van der Waals surface area contributed by atoms with Crippen LogP contribution in [0, 0.1) is 0 Å². The minimum absolute atomic E-state index is 0.0832. The van der Waals surface area contributed by atoms with Crippen LogP contribution in [0.4, 0.5) is 0 Å². The molecule has 1 aromatic carbocycles. The zero-order chi connectivity index (χ0) is 13.1. The van der Waals surface area contributed by atoms with Crippen molar-refractivity contribution in [2.24, 2.45) is 0 Å². The van der Waals surface area contributed by atoms with Gasteiger partial charge in [-0.25, -0.2) is 4.79 Å². The average molecular weight is 248 g/mol. The summed E-state index contributed by atoms with van der Waals surface area (Å²) in [5, 5.41) is 4.78. The summed E-state index contributed by atoms with van der Waals surface area (Å²) in [6, 6.07) is 3.31. The van der Waals surface area contributed by atoms with Crippen LogP contribution in [0.3, 0.4) is 0 Å². The molecule has 0 aliphatic rings. The van der Waals surface area contributed by atoms with E-state index >= 15 is 0 Å². The minimum atomic E-state index is -0.494. The van der Waals surface area contributed by atoms with Crippen LogP contribution in [0.25, 0.3) is 10.9 Å². The van der Waals surface area contributed by atoms with E-state index in [1.807, 2.05) is 0 Å². The van der Waals surface area contributed by atoms with Crippen molar-refractivity contribution in [3.63, 3.8) is 0 Å². The normalized spacial score (nSPS) is 10.3. The molecule has 0 saturated carbocycles. The number of hydrogen-bond acceptors (Lipinski definition) is 5. The van der Waals surface area contributed by atoms with E-state index < -0.39 is 5.97 Å². The number of nitrogens with zero attached hydrogens (tertiary/aromatic N) is 2. The quantitative estimate of drug-likeness (QED) is 0.597. The zero-order valence-corrected chi connectivity index (χ0v) is 10.0. The molecule has 0 atom stereocenters. The zero-order valence-electron chi connectivity index (χ0n) is 10.0. The van der Waals surface area contributed by atoms with Crippen molar-refractivity contribution < 1.29 is 19.1 Å². The molecule has 18 heavy (non-hydrogen) atoms. The SMILES string of the molecule is COC(=O)c1cc(OC)cc2cnn(CC=O)c12. The van der Waals surface area contributed by atoms with Gasteiger partial charge in [-0.2, -0.15) is 5.10 Å². The van der Waals surface area contributed by atoms with Crippen LogP contribution in [-0.4, -0.2) is 36.3 Å². The van der Waals surface area contributed by atoms with Gasteiger partial charge < -0.3 is 14.3 Å². The van der Waals surface area contributed by atoms with E-state index in [0.717, 1.165) is 11.7 Å². The fraction of sp³-hybridized carbons (Fsp3) is 0.250. The van der Waals surface area contributed by atoms with E-state index in [0.29, 0.717) is 16.8 Å². The van der Waals surface area contributed by atoms with Gasteiger partial charge in [0.05, 0.1) is 38.0 Å². The van der Waals surface area contributed by atoms with E-state index in [2.05, 4.69) is 5.10 Å². The topological polar surface area (TPSA) is 70.4 Å². The summed E-state index contributed by atoms with van der Waals surface area (Å²) < 4.78 is 11.3.